The van der Waals surface area contributed by atoms with Crippen LogP contribution in [0.4, 0.5) is 0 Å². The van der Waals surface area contributed by atoms with Crippen molar-refractivity contribution in [1.82, 2.24) is 9.97 Å². The molecule has 0 atom stereocenters. The molecule has 0 unspecified atom stereocenters. The van der Waals surface area contributed by atoms with E-state index in [4.69, 9.17) is 4.42 Å². The van der Waals surface area contributed by atoms with Gasteiger partial charge in [-0.05, 0) is 34.4 Å². The van der Waals surface area contributed by atoms with E-state index < -0.39 is 0 Å². The lowest BCUT2D eigenvalue weighted by atomic mass is 9.96. The van der Waals surface area contributed by atoms with Crippen LogP contribution in [-0.2, 0) is 0 Å². The highest BCUT2D eigenvalue weighted by atomic mass is 16.3. The van der Waals surface area contributed by atoms with Gasteiger partial charge in [0.2, 0.25) is 0 Å². The van der Waals surface area contributed by atoms with Crippen molar-refractivity contribution in [3.63, 3.8) is 0 Å². The summed E-state index contributed by atoms with van der Waals surface area (Å²) in [6, 6.07) is 20.9. The molecule has 0 aliphatic carbocycles. The zero-order chi connectivity index (χ0) is 16.4. The monoisotopic (exact) mass is 320 g/mol. The molecule has 0 radical (unpaired) electrons. The van der Waals surface area contributed by atoms with E-state index in [1.807, 2.05) is 24.4 Å². The minimum absolute atomic E-state index is 0.909. The van der Waals surface area contributed by atoms with Crippen LogP contribution in [0.3, 0.4) is 0 Å². The van der Waals surface area contributed by atoms with Crippen LogP contribution in [0, 0.1) is 0 Å². The molecule has 0 saturated heterocycles. The Balaban J connectivity index is 1.96. The number of para-hydroxylation sites is 1. The highest BCUT2D eigenvalue weighted by Crippen LogP contribution is 2.38. The topological polar surface area (TPSA) is 38.9 Å². The van der Waals surface area contributed by atoms with Gasteiger partial charge in [-0.1, -0.05) is 42.5 Å². The first kappa shape index (κ1) is 12.9. The van der Waals surface area contributed by atoms with Crippen molar-refractivity contribution in [3.8, 4) is 0 Å². The summed E-state index contributed by atoms with van der Waals surface area (Å²) >= 11 is 0. The minimum Gasteiger partial charge on any atom is -0.456 e. The predicted octanol–water partition coefficient (Wildman–Crippen LogP) is 5.84. The molecule has 0 saturated carbocycles. The molecule has 0 spiro atoms. The molecule has 4 aromatic carbocycles. The molecule has 0 N–H and O–H groups in total. The summed E-state index contributed by atoms with van der Waals surface area (Å²) in [5.41, 5.74) is 2.80. The molecule has 3 nitrogen and oxygen atoms in total. The molecule has 116 valence electrons. The van der Waals surface area contributed by atoms with Crippen molar-refractivity contribution in [3.05, 3.63) is 73.2 Å². The fraction of sp³-hybridized carbons (Fsp3) is 0. The molecule has 3 heteroatoms. The summed E-state index contributed by atoms with van der Waals surface area (Å²) in [6.45, 7) is 0. The Morgan fingerprint density at radius 3 is 2.24 bits per heavy atom. The maximum atomic E-state index is 6.09. The molecule has 0 bridgehead atoms. The zero-order valence-corrected chi connectivity index (χ0v) is 13.2. The van der Waals surface area contributed by atoms with Crippen LogP contribution in [0.15, 0.2) is 77.6 Å². The second kappa shape index (κ2) is 4.54. The quantitative estimate of drug-likeness (QED) is 0.330. The van der Waals surface area contributed by atoms with Crippen molar-refractivity contribution in [2.24, 2.45) is 0 Å². The molecule has 2 heterocycles. The molecule has 6 rings (SSSR count). The molecule has 25 heavy (non-hydrogen) atoms. The zero-order valence-electron chi connectivity index (χ0n) is 13.2. The third-order valence-corrected chi connectivity index (χ3v) is 4.99. The van der Waals surface area contributed by atoms with Gasteiger partial charge in [0.1, 0.15) is 17.5 Å². The third-order valence-electron chi connectivity index (χ3n) is 4.99. The maximum absolute atomic E-state index is 6.09. The van der Waals surface area contributed by atoms with Gasteiger partial charge in [0.25, 0.3) is 0 Å². The normalized spacial score (nSPS) is 12.0. The van der Waals surface area contributed by atoms with Gasteiger partial charge in [-0.15, -0.1) is 0 Å². The van der Waals surface area contributed by atoms with Gasteiger partial charge in [-0.3, -0.25) is 0 Å². The van der Waals surface area contributed by atoms with Gasteiger partial charge < -0.3 is 4.42 Å². The average molecular weight is 320 g/mol. The van der Waals surface area contributed by atoms with Crippen LogP contribution in [0.25, 0.3) is 54.4 Å². The van der Waals surface area contributed by atoms with Crippen molar-refractivity contribution in [2.75, 3.05) is 0 Å². The summed E-state index contributed by atoms with van der Waals surface area (Å²) in [5.74, 6) is 0. The fourth-order valence-electron chi connectivity index (χ4n) is 3.88. The van der Waals surface area contributed by atoms with Crippen LogP contribution >= 0.6 is 0 Å². The highest BCUT2D eigenvalue weighted by molar-refractivity contribution is 6.27. The van der Waals surface area contributed by atoms with E-state index in [0.29, 0.717) is 0 Å². The standard InChI is InChI=1S/C22H12N2O/c1-2-6-14-13(5-1)16-10-21-17(15-7-3-4-8-20(15)25-21)9-18(16)22-19(14)11-23-12-24-22/h1-12H. The molecule has 0 fully saturated rings. The van der Waals surface area contributed by atoms with Crippen molar-refractivity contribution in [1.29, 1.82) is 0 Å². The van der Waals surface area contributed by atoms with Gasteiger partial charge >= 0.3 is 0 Å². The predicted molar refractivity (Wildman–Crippen MR) is 102 cm³/mol. The lowest BCUT2D eigenvalue weighted by Crippen LogP contribution is -1.87. The number of hydrogen-bond acceptors (Lipinski definition) is 3. The molecular weight excluding hydrogens is 308 g/mol. The summed E-state index contributed by atoms with van der Waals surface area (Å²) in [6.07, 6.45) is 3.52. The minimum atomic E-state index is 0.909. The van der Waals surface area contributed by atoms with E-state index in [9.17, 15) is 0 Å². The first-order chi connectivity index (χ1) is 12.4. The van der Waals surface area contributed by atoms with E-state index in [-0.39, 0.29) is 0 Å². The van der Waals surface area contributed by atoms with Gasteiger partial charge in [-0.25, -0.2) is 9.97 Å². The Morgan fingerprint density at radius 1 is 0.600 bits per heavy atom. The van der Waals surface area contributed by atoms with Crippen LogP contribution in [0.1, 0.15) is 0 Å². The van der Waals surface area contributed by atoms with Crippen LogP contribution in [0.2, 0.25) is 0 Å². The van der Waals surface area contributed by atoms with Gasteiger partial charge in [0.05, 0.1) is 5.52 Å². The average Bonchev–Trinajstić information content (AvgIpc) is 3.04. The Morgan fingerprint density at radius 2 is 1.36 bits per heavy atom. The maximum Gasteiger partial charge on any atom is 0.136 e. The van der Waals surface area contributed by atoms with Gasteiger partial charge in [-0.2, -0.15) is 0 Å². The lowest BCUT2D eigenvalue weighted by molar-refractivity contribution is 0.669. The van der Waals surface area contributed by atoms with Crippen LogP contribution < -0.4 is 0 Å². The molecule has 0 aliphatic rings. The number of furan rings is 1. The molecular formula is C22H12N2O. The summed E-state index contributed by atoms with van der Waals surface area (Å²) in [7, 11) is 0. The van der Waals surface area contributed by atoms with E-state index >= 15 is 0 Å². The van der Waals surface area contributed by atoms with Crippen molar-refractivity contribution >= 4 is 54.4 Å². The molecule has 6 aromatic rings. The number of nitrogens with zero attached hydrogens (tertiary/aromatic N) is 2. The number of aromatic nitrogens is 2. The van der Waals surface area contributed by atoms with Crippen LogP contribution in [0.5, 0.6) is 0 Å². The van der Waals surface area contributed by atoms with E-state index in [1.54, 1.807) is 6.33 Å². The van der Waals surface area contributed by atoms with Crippen LogP contribution in [-0.4, -0.2) is 9.97 Å². The first-order valence-electron chi connectivity index (χ1n) is 8.25. The summed E-state index contributed by atoms with van der Waals surface area (Å²) < 4.78 is 6.09. The van der Waals surface area contributed by atoms with E-state index in [2.05, 4.69) is 52.4 Å². The molecule has 0 aliphatic heterocycles. The van der Waals surface area contributed by atoms with Crippen molar-refractivity contribution < 1.29 is 4.42 Å². The number of rotatable bonds is 0. The highest BCUT2D eigenvalue weighted by Gasteiger charge is 2.13. The van der Waals surface area contributed by atoms with E-state index in [0.717, 1.165) is 43.6 Å². The number of hydrogen-bond donors (Lipinski definition) is 0. The summed E-state index contributed by atoms with van der Waals surface area (Å²) in [4.78, 5) is 8.83. The second-order valence-electron chi connectivity index (χ2n) is 6.32. The lowest BCUT2D eigenvalue weighted by Gasteiger charge is -2.09. The fourth-order valence-corrected chi connectivity index (χ4v) is 3.88. The first-order valence-corrected chi connectivity index (χ1v) is 8.25. The van der Waals surface area contributed by atoms with Gasteiger partial charge in [0.15, 0.2) is 0 Å². The van der Waals surface area contributed by atoms with E-state index in [1.165, 1.54) is 10.8 Å². The number of fused-ring (bicyclic) bond motifs is 9. The Bertz CT molecular complexity index is 1450. The Hall–Kier alpha value is -3.46. The number of benzene rings is 4. The third kappa shape index (κ3) is 1.64. The van der Waals surface area contributed by atoms with Gasteiger partial charge in [0, 0.05) is 27.7 Å². The molecule has 2 aromatic heterocycles. The molecule has 0 amide bonds. The largest absolute Gasteiger partial charge is 0.456 e. The Kier molecular flexibility index (Phi) is 2.35. The Labute approximate surface area is 142 Å². The second-order valence-corrected chi connectivity index (χ2v) is 6.32. The summed E-state index contributed by atoms with van der Waals surface area (Å²) in [5, 5.41) is 8.00. The van der Waals surface area contributed by atoms with Crippen molar-refractivity contribution in [2.45, 2.75) is 0 Å². The smallest absolute Gasteiger partial charge is 0.136 e. The SMILES string of the molecule is c1ccc2c(c1)oc1cc3c4ccccc4c4cncnc4c3cc12.